The van der Waals surface area contributed by atoms with Crippen molar-refractivity contribution in [1.29, 1.82) is 0 Å². The highest BCUT2D eigenvalue weighted by molar-refractivity contribution is 5.76. The number of methoxy groups -OCH3 is 2. The molecular formula is C21H23NO6. The third-order valence-electron chi connectivity index (χ3n) is 4.94. The highest BCUT2D eigenvalue weighted by atomic mass is 16.6. The second kappa shape index (κ2) is 8.65. The summed E-state index contributed by atoms with van der Waals surface area (Å²) in [5.41, 5.74) is 1.60. The lowest BCUT2D eigenvalue weighted by atomic mass is 9.88. The van der Waals surface area contributed by atoms with Gasteiger partial charge in [-0.05, 0) is 11.6 Å². The quantitative estimate of drug-likeness (QED) is 0.822. The molecule has 0 bridgehead atoms. The lowest BCUT2D eigenvalue weighted by molar-refractivity contribution is -0.141. The molecule has 1 N–H and O–H groups in total. The zero-order chi connectivity index (χ0) is 20.1. The van der Waals surface area contributed by atoms with Crippen LogP contribution in [0.3, 0.4) is 0 Å². The van der Waals surface area contributed by atoms with Gasteiger partial charge in [0.05, 0.1) is 20.1 Å². The second-order valence-electron chi connectivity index (χ2n) is 6.60. The Morgan fingerprint density at radius 2 is 1.82 bits per heavy atom. The smallest absolute Gasteiger partial charge is 0.410 e. The third kappa shape index (κ3) is 4.19. The topological polar surface area (TPSA) is 85.3 Å². The third-order valence-corrected chi connectivity index (χ3v) is 4.94. The minimum absolute atomic E-state index is 0.0861. The number of aliphatic carboxylic acids is 1. The molecule has 3 rings (SSSR count). The van der Waals surface area contributed by atoms with Gasteiger partial charge < -0.3 is 24.2 Å². The first-order valence-electron chi connectivity index (χ1n) is 8.93. The SMILES string of the molecule is COc1ccc([C@@H]2CN(C(=O)OCc3ccccc3)C[C@H]2C(=O)O)c(OC)c1. The van der Waals surface area contributed by atoms with Gasteiger partial charge in [0.1, 0.15) is 18.1 Å². The number of likely N-dealkylation sites (tertiary alicyclic amines) is 1. The Kier molecular flexibility index (Phi) is 6.03. The molecule has 0 spiro atoms. The van der Waals surface area contributed by atoms with Gasteiger partial charge >= 0.3 is 12.1 Å². The molecule has 1 fully saturated rings. The summed E-state index contributed by atoms with van der Waals surface area (Å²) in [6.45, 7) is 0.473. The van der Waals surface area contributed by atoms with Crippen LogP contribution in [0.5, 0.6) is 11.5 Å². The van der Waals surface area contributed by atoms with E-state index in [2.05, 4.69) is 0 Å². The number of hydrogen-bond donors (Lipinski definition) is 1. The summed E-state index contributed by atoms with van der Waals surface area (Å²) in [7, 11) is 3.07. The lowest BCUT2D eigenvalue weighted by Crippen LogP contribution is -2.30. The van der Waals surface area contributed by atoms with E-state index >= 15 is 0 Å². The van der Waals surface area contributed by atoms with Crippen molar-refractivity contribution in [3.8, 4) is 11.5 Å². The van der Waals surface area contributed by atoms with E-state index in [4.69, 9.17) is 14.2 Å². The minimum atomic E-state index is -0.957. The van der Waals surface area contributed by atoms with Gasteiger partial charge in [0, 0.05) is 30.6 Å². The van der Waals surface area contributed by atoms with E-state index in [-0.39, 0.29) is 19.7 Å². The number of carboxylic acid groups (broad SMARTS) is 1. The lowest BCUT2D eigenvalue weighted by Gasteiger charge is -2.19. The minimum Gasteiger partial charge on any atom is -0.497 e. The summed E-state index contributed by atoms with van der Waals surface area (Å²) in [6.07, 6.45) is -0.523. The van der Waals surface area contributed by atoms with Gasteiger partial charge in [0.2, 0.25) is 0 Å². The molecule has 0 aromatic heterocycles. The van der Waals surface area contributed by atoms with Gasteiger partial charge in [-0.25, -0.2) is 4.79 Å². The number of benzene rings is 2. The Morgan fingerprint density at radius 3 is 2.46 bits per heavy atom. The van der Waals surface area contributed by atoms with Crippen LogP contribution in [0.25, 0.3) is 0 Å². The molecule has 2 aromatic carbocycles. The van der Waals surface area contributed by atoms with Crippen molar-refractivity contribution in [2.75, 3.05) is 27.3 Å². The fourth-order valence-electron chi connectivity index (χ4n) is 3.45. The van der Waals surface area contributed by atoms with Crippen LogP contribution in [0.15, 0.2) is 48.5 Å². The van der Waals surface area contributed by atoms with Gasteiger partial charge in [-0.2, -0.15) is 0 Å². The van der Waals surface area contributed by atoms with Crippen LogP contribution in [-0.2, 0) is 16.1 Å². The molecular weight excluding hydrogens is 362 g/mol. The Labute approximate surface area is 163 Å². The first-order chi connectivity index (χ1) is 13.5. The van der Waals surface area contributed by atoms with Crippen LogP contribution in [-0.4, -0.2) is 49.4 Å². The van der Waals surface area contributed by atoms with Crippen LogP contribution in [0.4, 0.5) is 4.79 Å². The predicted octanol–water partition coefficient (Wildman–Crippen LogP) is 3.14. The van der Waals surface area contributed by atoms with Crippen LogP contribution in [0, 0.1) is 5.92 Å². The number of carbonyl (C=O) groups excluding carboxylic acids is 1. The maximum Gasteiger partial charge on any atom is 0.410 e. The predicted molar refractivity (Wildman–Crippen MR) is 102 cm³/mol. The number of rotatable bonds is 6. The summed E-state index contributed by atoms with van der Waals surface area (Å²) in [4.78, 5) is 25.7. The van der Waals surface area contributed by atoms with Gasteiger partial charge in [-0.15, -0.1) is 0 Å². The molecule has 1 amide bonds. The molecule has 2 aromatic rings. The zero-order valence-electron chi connectivity index (χ0n) is 15.8. The maximum atomic E-state index is 12.5. The summed E-state index contributed by atoms with van der Waals surface area (Å²) >= 11 is 0. The molecule has 0 saturated carbocycles. The van der Waals surface area contributed by atoms with Crippen molar-refractivity contribution < 1.29 is 28.9 Å². The van der Waals surface area contributed by atoms with Crippen LogP contribution in [0.1, 0.15) is 17.0 Å². The number of hydrogen-bond acceptors (Lipinski definition) is 5. The van der Waals surface area contributed by atoms with E-state index in [0.29, 0.717) is 11.5 Å². The highest BCUT2D eigenvalue weighted by Gasteiger charge is 2.42. The Morgan fingerprint density at radius 1 is 1.07 bits per heavy atom. The first kappa shape index (κ1) is 19.5. The highest BCUT2D eigenvalue weighted by Crippen LogP contribution is 2.39. The van der Waals surface area contributed by atoms with Gasteiger partial charge in [0.15, 0.2) is 0 Å². The average molecular weight is 385 g/mol. The molecule has 0 radical (unpaired) electrons. The van der Waals surface area contributed by atoms with Crippen LogP contribution >= 0.6 is 0 Å². The summed E-state index contributed by atoms with van der Waals surface area (Å²) in [5.74, 6) is -0.949. The van der Waals surface area contributed by atoms with Crippen molar-refractivity contribution in [2.24, 2.45) is 5.92 Å². The normalized spacial score (nSPS) is 18.6. The molecule has 1 heterocycles. The summed E-state index contributed by atoms with van der Waals surface area (Å²) in [5, 5.41) is 9.67. The molecule has 0 unspecified atom stereocenters. The number of amides is 1. The number of ether oxygens (including phenoxy) is 3. The largest absolute Gasteiger partial charge is 0.497 e. The number of carboxylic acids is 1. The van der Waals surface area contributed by atoms with Crippen molar-refractivity contribution in [3.05, 3.63) is 59.7 Å². The molecule has 148 valence electrons. The van der Waals surface area contributed by atoms with Crippen LogP contribution < -0.4 is 9.47 Å². The molecule has 0 aliphatic carbocycles. The average Bonchev–Trinajstić information content (AvgIpc) is 3.18. The van der Waals surface area contributed by atoms with Gasteiger partial charge in [-0.1, -0.05) is 36.4 Å². The molecule has 7 nitrogen and oxygen atoms in total. The Bertz CT molecular complexity index is 838. The molecule has 2 atom stereocenters. The van der Waals surface area contributed by atoms with Crippen LogP contribution in [0.2, 0.25) is 0 Å². The monoisotopic (exact) mass is 385 g/mol. The van der Waals surface area contributed by atoms with Gasteiger partial charge in [0.25, 0.3) is 0 Å². The van der Waals surface area contributed by atoms with E-state index in [1.54, 1.807) is 25.3 Å². The van der Waals surface area contributed by atoms with Crippen molar-refractivity contribution in [1.82, 2.24) is 4.90 Å². The zero-order valence-corrected chi connectivity index (χ0v) is 15.8. The van der Waals surface area contributed by atoms with E-state index < -0.39 is 23.9 Å². The Balaban J connectivity index is 1.75. The molecule has 1 aliphatic rings. The Hall–Kier alpha value is -3.22. The summed E-state index contributed by atoms with van der Waals surface area (Å²) in [6, 6.07) is 14.6. The molecule has 1 saturated heterocycles. The number of nitrogens with zero attached hydrogens (tertiary/aromatic N) is 1. The fourth-order valence-corrected chi connectivity index (χ4v) is 3.45. The van der Waals surface area contributed by atoms with Crippen molar-refractivity contribution in [3.63, 3.8) is 0 Å². The maximum absolute atomic E-state index is 12.5. The molecule has 1 aliphatic heterocycles. The van der Waals surface area contributed by atoms with E-state index in [1.807, 2.05) is 30.3 Å². The number of carbonyl (C=O) groups is 2. The van der Waals surface area contributed by atoms with E-state index in [9.17, 15) is 14.7 Å². The standard InChI is InChI=1S/C21H23NO6/c1-26-15-8-9-16(19(10-15)27-2)17-11-22(12-18(17)20(23)24)21(25)28-13-14-6-4-3-5-7-14/h3-10,17-18H,11-13H2,1-2H3,(H,23,24)/t17-,18+/m0/s1. The van der Waals surface area contributed by atoms with Crippen molar-refractivity contribution >= 4 is 12.1 Å². The fraction of sp³-hybridized carbons (Fsp3) is 0.333. The molecule has 28 heavy (non-hydrogen) atoms. The van der Waals surface area contributed by atoms with Gasteiger partial charge in [-0.3, -0.25) is 4.79 Å². The summed E-state index contributed by atoms with van der Waals surface area (Å²) < 4.78 is 16.0. The van der Waals surface area contributed by atoms with E-state index in [0.717, 1.165) is 11.1 Å². The van der Waals surface area contributed by atoms with E-state index in [1.165, 1.54) is 12.0 Å². The first-order valence-corrected chi connectivity index (χ1v) is 8.93. The second-order valence-corrected chi connectivity index (χ2v) is 6.60. The van der Waals surface area contributed by atoms with Crippen molar-refractivity contribution in [2.45, 2.75) is 12.5 Å². The molecule has 7 heteroatoms.